The van der Waals surface area contributed by atoms with E-state index in [1.54, 1.807) is 0 Å². The van der Waals surface area contributed by atoms with Gasteiger partial charge in [-0.25, -0.2) is 4.98 Å². The van der Waals surface area contributed by atoms with Crippen LogP contribution in [0.2, 0.25) is 0 Å². The minimum atomic E-state index is -0.0670. The Balaban J connectivity index is 2.46. The predicted octanol–water partition coefficient (Wildman–Crippen LogP) is 3.66. The van der Waals surface area contributed by atoms with Gasteiger partial charge < -0.3 is 9.72 Å². The minimum absolute atomic E-state index is 0.0670. The van der Waals surface area contributed by atoms with Gasteiger partial charge in [0.15, 0.2) is 0 Å². The molecule has 0 saturated heterocycles. The Morgan fingerprint density at radius 2 is 1.90 bits per heavy atom. The van der Waals surface area contributed by atoms with Crippen LogP contribution in [-0.2, 0) is 0 Å². The fourth-order valence-electron chi connectivity index (χ4n) is 2.40. The third-order valence-corrected chi connectivity index (χ3v) is 3.20. The molecule has 0 atom stereocenters. The number of aromatic amines is 1. The number of ether oxygens (including phenoxy) is 1. The van der Waals surface area contributed by atoms with Crippen molar-refractivity contribution in [2.75, 3.05) is 0 Å². The summed E-state index contributed by atoms with van der Waals surface area (Å²) in [4.78, 5) is 19.6. The lowest BCUT2D eigenvalue weighted by Gasteiger charge is -2.12. The van der Waals surface area contributed by atoms with Crippen molar-refractivity contribution in [3.05, 3.63) is 45.9 Å². The molecule has 1 aromatic carbocycles. The fourth-order valence-corrected chi connectivity index (χ4v) is 2.40. The van der Waals surface area contributed by atoms with E-state index in [4.69, 9.17) is 4.74 Å². The van der Waals surface area contributed by atoms with E-state index in [1.165, 1.54) is 0 Å². The maximum atomic E-state index is 12.2. The van der Waals surface area contributed by atoms with Crippen LogP contribution in [0.1, 0.15) is 44.9 Å². The van der Waals surface area contributed by atoms with Crippen molar-refractivity contribution >= 4 is 0 Å². The molecule has 0 unspecified atom stereocenters. The first kappa shape index (κ1) is 15.3. The zero-order chi connectivity index (χ0) is 15.6. The molecule has 0 radical (unpaired) electrons. The summed E-state index contributed by atoms with van der Waals surface area (Å²) in [5.41, 5.74) is 2.30. The third-order valence-electron chi connectivity index (χ3n) is 3.20. The third kappa shape index (κ3) is 3.51. The molecule has 0 aliphatic rings. The molecule has 0 aliphatic heterocycles. The molecular weight excluding hydrogens is 264 g/mol. The average Bonchev–Trinajstić information content (AvgIpc) is 2.36. The Morgan fingerprint density at radius 3 is 2.48 bits per heavy atom. The zero-order valence-electron chi connectivity index (χ0n) is 13.2. The van der Waals surface area contributed by atoms with Crippen LogP contribution in [-0.4, -0.2) is 16.1 Å². The van der Waals surface area contributed by atoms with E-state index >= 15 is 0 Å². The van der Waals surface area contributed by atoms with Crippen LogP contribution in [0.15, 0.2) is 29.1 Å². The number of aryl methyl sites for hydroxylation is 1. The van der Waals surface area contributed by atoms with E-state index < -0.39 is 0 Å². The van der Waals surface area contributed by atoms with Crippen LogP contribution < -0.4 is 10.3 Å². The Kier molecular flexibility index (Phi) is 4.46. The molecule has 2 aromatic rings. The first-order valence-corrected chi connectivity index (χ1v) is 7.26. The van der Waals surface area contributed by atoms with Gasteiger partial charge >= 0.3 is 0 Å². The first-order valence-electron chi connectivity index (χ1n) is 7.26. The van der Waals surface area contributed by atoms with Crippen molar-refractivity contribution in [2.45, 2.75) is 46.6 Å². The Labute approximate surface area is 125 Å². The number of nitrogens with one attached hydrogen (secondary N) is 1. The molecule has 4 heteroatoms. The lowest BCUT2D eigenvalue weighted by atomic mass is 10.0. The van der Waals surface area contributed by atoms with Gasteiger partial charge in [0, 0.05) is 16.8 Å². The molecule has 4 nitrogen and oxygen atoms in total. The quantitative estimate of drug-likeness (QED) is 0.933. The summed E-state index contributed by atoms with van der Waals surface area (Å²) in [5, 5.41) is 0. The van der Waals surface area contributed by atoms with E-state index in [2.05, 4.69) is 9.97 Å². The highest BCUT2D eigenvalue weighted by Crippen LogP contribution is 2.22. The molecule has 112 valence electrons. The Bertz CT molecular complexity index is 687. The molecule has 2 rings (SSSR count). The summed E-state index contributed by atoms with van der Waals surface area (Å²) in [6.07, 6.45) is 0.109. The molecule has 0 bridgehead atoms. The van der Waals surface area contributed by atoms with Crippen molar-refractivity contribution in [1.82, 2.24) is 9.97 Å². The van der Waals surface area contributed by atoms with Crippen molar-refractivity contribution in [1.29, 1.82) is 0 Å². The number of nitrogens with zero attached hydrogens (tertiary/aromatic N) is 1. The molecule has 21 heavy (non-hydrogen) atoms. The van der Waals surface area contributed by atoms with E-state index in [1.807, 2.05) is 58.9 Å². The monoisotopic (exact) mass is 286 g/mol. The summed E-state index contributed by atoms with van der Waals surface area (Å²) in [7, 11) is 0. The predicted molar refractivity (Wildman–Crippen MR) is 84.9 cm³/mol. The molecule has 0 amide bonds. The number of benzene rings is 1. The standard InChI is InChI=1S/C17H22N2O2/c1-10(2)15-12(5)18-16(19-17(15)20)13-7-6-8-14(9-13)21-11(3)4/h6-11H,1-5H3,(H,18,19,20). The average molecular weight is 286 g/mol. The van der Waals surface area contributed by atoms with E-state index in [9.17, 15) is 4.79 Å². The number of hydrogen-bond acceptors (Lipinski definition) is 3. The lowest BCUT2D eigenvalue weighted by molar-refractivity contribution is 0.242. The van der Waals surface area contributed by atoms with Crippen LogP contribution in [0.25, 0.3) is 11.4 Å². The molecule has 0 spiro atoms. The van der Waals surface area contributed by atoms with Gasteiger partial charge in [-0.1, -0.05) is 26.0 Å². The molecule has 0 fully saturated rings. The molecule has 1 heterocycles. The van der Waals surface area contributed by atoms with Crippen LogP contribution in [0.3, 0.4) is 0 Å². The number of rotatable bonds is 4. The van der Waals surface area contributed by atoms with Crippen LogP contribution in [0, 0.1) is 6.92 Å². The van der Waals surface area contributed by atoms with Crippen molar-refractivity contribution in [2.24, 2.45) is 0 Å². The topological polar surface area (TPSA) is 55.0 Å². The first-order chi connectivity index (χ1) is 9.88. The normalized spacial score (nSPS) is 11.2. The van der Waals surface area contributed by atoms with Gasteiger partial charge in [0.1, 0.15) is 11.6 Å². The largest absolute Gasteiger partial charge is 0.491 e. The molecular formula is C17H22N2O2. The zero-order valence-corrected chi connectivity index (χ0v) is 13.2. The van der Waals surface area contributed by atoms with Gasteiger partial charge in [-0.2, -0.15) is 0 Å². The van der Waals surface area contributed by atoms with E-state index in [0.717, 1.165) is 22.6 Å². The van der Waals surface area contributed by atoms with Crippen molar-refractivity contribution in [3.63, 3.8) is 0 Å². The smallest absolute Gasteiger partial charge is 0.254 e. The van der Waals surface area contributed by atoms with Gasteiger partial charge in [-0.3, -0.25) is 4.79 Å². The van der Waals surface area contributed by atoms with Crippen molar-refractivity contribution in [3.8, 4) is 17.1 Å². The van der Waals surface area contributed by atoms with Gasteiger partial charge in [-0.15, -0.1) is 0 Å². The summed E-state index contributed by atoms with van der Waals surface area (Å²) >= 11 is 0. The van der Waals surface area contributed by atoms with Crippen LogP contribution in [0.4, 0.5) is 0 Å². The maximum Gasteiger partial charge on any atom is 0.254 e. The molecule has 0 aliphatic carbocycles. The number of aromatic nitrogens is 2. The van der Waals surface area contributed by atoms with E-state index in [-0.39, 0.29) is 17.6 Å². The highest BCUT2D eigenvalue weighted by molar-refractivity contribution is 5.57. The Morgan fingerprint density at radius 1 is 1.19 bits per heavy atom. The van der Waals surface area contributed by atoms with Gasteiger partial charge in [0.25, 0.3) is 5.56 Å². The number of H-pyrrole nitrogens is 1. The molecule has 0 saturated carbocycles. The second-order valence-electron chi connectivity index (χ2n) is 5.76. The highest BCUT2D eigenvalue weighted by atomic mass is 16.5. The SMILES string of the molecule is Cc1nc(-c2cccc(OC(C)C)c2)[nH]c(=O)c1C(C)C. The van der Waals surface area contributed by atoms with Gasteiger partial charge in [-0.05, 0) is 38.8 Å². The summed E-state index contributed by atoms with van der Waals surface area (Å²) in [5.74, 6) is 1.51. The summed E-state index contributed by atoms with van der Waals surface area (Å²) in [6.45, 7) is 9.83. The number of hydrogen-bond donors (Lipinski definition) is 1. The lowest BCUT2D eigenvalue weighted by Crippen LogP contribution is -2.18. The summed E-state index contributed by atoms with van der Waals surface area (Å²) < 4.78 is 5.68. The fraction of sp³-hybridized carbons (Fsp3) is 0.412. The van der Waals surface area contributed by atoms with Crippen molar-refractivity contribution < 1.29 is 4.74 Å². The van der Waals surface area contributed by atoms with Crippen LogP contribution in [0.5, 0.6) is 5.75 Å². The maximum absolute atomic E-state index is 12.2. The molecule has 1 N–H and O–H groups in total. The second kappa shape index (κ2) is 6.12. The van der Waals surface area contributed by atoms with Gasteiger partial charge in [0.05, 0.1) is 6.10 Å². The Hall–Kier alpha value is -2.10. The summed E-state index contributed by atoms with van der Waals surface area (Å²) in [6, 6.07) is 7.61. The second-order valence-corrected chi connectivity index (χ2v) is 5.76. The van der Waals surface area contributed by atoms with Crippen LogP contribution >= 0.6 is 0 Å². The van der Waals surface area contributed by atoms with E-state index in [0.29, 0.717) is 5.82 Å². The van der Waals surface area contributed by atoms with Gasteiger partial charge in [0.2, 0.25) is 0 Å². The highest BCUT2D eigenvalue weighted by Gasteiger charge is 2.12. The minimum Gasteiger partial charge on any atom is -0.491 e. The molecule has 1 aromatic heterocycles.